The molecular formula is C23H25ClN6O2. The normalized spacial score (nSPS) is 13.4. The number of amides is 1. The third-order valence-electron chi connectivity index (χ3n) is 5.40. The number of ether oxygens (including phenoxy) is 1. The Morgan fingerprint density at radius 2 is 2.00 bits per heavy atom. The van der Waals surface area contributed by atoms with Crippen molar-refractivity contribution in [1.29, 1.82) is 0 Å². The molecule has 4 N–H and O–H groups in total. The second kappa shape index (κ2) is 9.02. The number of methoxy groups -OCH3 is 1. The van der Waals surface area contributed by atoms with E-state index in [2.05, 4.69) is 38.6 Å². The molecular weight excluding hydrogens is 428 g/mol. The lowest BCUT2D eigenvalue weighted by molar-refractivity contribution is 0.100. The van der Waals surface area contributed by atoms with Crippen molar-refractivity contribution < 1.29 is 9.53 Å². The number of halogens is 1. The largest absolute Gasteiger partial charge is 0.495 e. The third kappa shape index (κ3) is 4.61. The maximum absolute atomic E-state index is 11.9. The molecule has 0 saturated carbocycles. The molecule has 32 heavy (non-hydrogen) atoms. The minimum absolute atomic E-state index is 0.159. The molecule has 1 amide bonds. The van der Waals surface area contributed by atoms with Gasteiger partial charge in [-0.15, -0.1) is 0 Å². The number of aromatic nitrogens is 2. The summed E-state index contributed by atoms with van der Waals surface area (Å²) in [6.07, 6.45) is 2.36. The van der Waals surface area contributed by atoms with Crippen molar-refractivity contribution in [2.24, 2.45) is 5.73 Å². The van der Waals surface area contributed by atoms with Gasteiger partial charge in [-0.05, 0) is 61.3 Å². The van der Waals surface area contributed by atoms with Gasteiger partial charge in [-0.1, -0.05) is 17.7 Å². The highest BCUT2D eigenvalue weighted by Gasteiger charge is 2.19. The zero-order valence-electron chi connectivity index (χ0n) is 18.2. The first-order valence-corrected chi connectivity index (χ1v) is 10.6. The Kier molecular flexibility index (Phi) is 6.16. The Balaban J connectivity index is 1.69. The summed E-state index contributed by atoms with van der Waals surface area (Å²) in [7, 11) is 3.73. The molecule has 0 radical (unpaired) electrons. The molecule has 0 atom stereocenters. The number of carbonyl (C=O) groups excluding carboxylic acids is 1. The SMILES string of the molecule is COc1cc2c(cc1Nc1ncc(C(N)=O)c(Nc3cc(C)ccc3Cl)n1)CN(C)CC2. The number of benzene rings is 2. The molecule has 0 bridgehead atoms. The number of nitrogens with one attached hydrogen (secondary N) is 2. The first-order valence-electron chi connectivity index (χ1n) is 10.2. The number of hydrogen-bond acceptors (Lipinski definition) is 7. The Morgan fingerprint density at radius 3 is 2.75 bits per heavy atom. The molecule has 0 saturated heterocycles. The van der Waals surface area contributed by atoms with Gasteiger partial charge in [0.1, 0.15) is 17.1 Å². The molecule has 8 nitrogen and oxygen atoms in total. The fourth-order valence-corrected chi connectivity index (χ4v) is 3.86. The van der Waals surface area contributed by atoms with Crippen LogP contribution in [0.5, 0.6) is 5.75 Å². The zero-order valence-corrected chi connectivity index (χ0v) is 19.0. The molecule has 2 aromatic carbocycles. The molecule has 2 heterocycles. The predicted molar refractivity (Wildman–Crippen MR) is 126 cm³/mol. The number of likely N-dealkylation sites (N-methyl/N-ethyl adjacent to an activating group) is 1. The number of fused-ring (bicyclic) bond motifs is 1. The van der Waals surface area contributed by atoms with Crippen LogP contribution in [-0.4, -0.2) is 41.5 Å². The predicted octanol–water partition coefficient (Wildman–Crippen LogP) is 4.02. The highest BCUT2D eigenvalue weighted by molar-refractivity contribution is 6.33. The van der Waals surface area contributed by atoms with Gasteiger partial charge < -0.3 is 26.0 Å². The average Bonchev–Trinajstić information content (AvgIpc) is 2.75. The van der Waals surface area contributed by atoms with Crippen molar-refractivity contribution in [2.75, 3.05) is 31.3 Å². The van der Waals surface area contributed by atoms with Crippen molar-refractivity contribution >= 4 is 40.6 Å². The smallest absolute Gasteiger partial charge is 0.254 e. The van der Waals surface area contributed by atoms with Crippen LogP contribution in [0.25, 0.3) is 0 Å². The van der Waals surface area contributed by atoms with Crippen LogP contribution in [0, 0.1) is 6.92 Å². The van der Waals surface area contributed by atoms with Gasteiger partial charge in [0.25, 0.3) is 5.91 Å². The van der Waals surface area contributed by atoms with Crippen LogP contribution in [0.15, 0.2) is 36.5 Å². The quantitative estimate of drug-likeness (QED) is 0.518. The van der Waals surface area contributed by atoms with Crippen molar-refractivity contribution in [3.05, 3.63) is 63.8 Å². The van der Waals surface area contributed by atoms with Crippen molar-refractivity contribution in [3.8, 4) is 5.75 Å². The van der Waals surface area contributed by atoms with E-state index in [1.807, 2.05) is 25.1 Å². The molecule has 0 aliphatic carbocycles. The number of anilines is 4. The van der Waals surface area contributed by atoms with Crippen LogP contribution < -0.4 is 21.1 Å². The van der Waals surface area contributed by atoms with E-state index in [0.29, 0.717) is 22.4 Å². The second-order valence-electron chi connectivity index (χ2n) is 7.86. The number of rotatable bonds is 6. The number of nitrogens with zero attached hydrogens (tertiary/aromatic N) is 3. The highest BCUT2D eigenvalue weighted by atomic mass is 35.5. The second-order valence-corrected chi connectivity index (χ2v) is 8.27. The topological polar surface area (TPSA) is 105 Å². The Morgan fingerprint density at radius 1 is 1.19 bits per heavy atom. The highest BCUT2D eigenvalue weighted by Crippen LogP contribution is 2.33. The Hall–Kier alpha value is -3.36. The monoisotopic (exact) mass is 452 g/mol. The molecule has 0 unspecified atom stereocenters. The number of aryl methyl sites for hydroxylation is 1. The fourth-order valence-electron chi connectivity index (χ4n) is 3.69. The standard InChI is InChI=1S/C23H25ClN6O2/c1-13-4-5-17(24)18(8-13)27-22-16(21(25)31)11-26-23(29-22)28-19-9-15-12-30(2)7-6-14(15)10-20(19)32-3/h4-5,8-11H,6-7,12H2,1-3H3,(H2,25,31)(H2,26,27,28,29). The summed E-state index contributed by atoms with van der Waals surface area (Å²) in [5.41, 5.74) is 10.6. The van der Waals surface area contributed by atoms with Gasteiger partial charge in [-0.25, -0.2) is 4.98 Å². The van der Waals surface area contributed by atoms with E-state index in [-0.39, 0.29) is 11.4 Å². The molecule has 1 aliphatic heterocycles. The van der Waals surface area contributed by atoms with Crippen LogP contribution in [0.4, 0.5) is 23.1 Å². The fraction of sp³-hybridized carbons (Fsp3) is 0.261. The first-order chi connectivity index (χ1) is 15.3. The van der Waals surface area contributed by atoms with Crippen LogP contribution >= 0.6 is 11.6 Å². The van der Waals surface area contributed by atoms with Gasteiger partial charge in [-0.3, -0.25) is 4.79 Å². The van der Waals surface area contributed by atoms with Crippen molar-refractivity contribution in [3.63, 3.8) is 0 Å². The van der Waals surface area contributed by atoms with E-state index in [1.54, 1.807) is 13.2 Å². The molecule has 1 aliphatic rings. The minimum Gasteiger partial charge on any atom is -0.495 e. The molecule has 3 aromatic rings. The third-order valence-corrected chi connectivity index (χ3v) is 5.73. The van der Waals surface area contributed by atoms with E-state index >= 15 is 0 Å². The van der Waals surface area contributed by atoms with Crippen LogP contribution in [0.3, 0.4) is 0 Å². The summed E-state index contributed by atoms with van der Waals surface area (Å²) in [6.45, 7) is 3.81. The van der Waals surface area contributed by atoms with E-state index < -0.39 is 5.91 Å². The minimum atomic E-state index is -0.641. The summed E-state index contributed by atoms with van der Waals surface area (Å²) in [6, 6.07) is 9.65. The maximum atomic E-state index is 11.9. The van der Waals surface area contributed by atoms with Crippen LogP contribution in [0.2, 0.25) is 5.02 Å². The molecule has 0 fully saturated rings. The first kappa shape index (κ1) is 21.9. The zero-order chi connectivity index (χ0) is 22.8. The van der Waals surface area contributed by atoms with Gasteiger partial charge in [0.15, 0.2) is 0 Å². The summed E-state index contributed by atoms with van der Waals surface area (Å²) in [5, 5.41) is 6.83. The van der Waals surface area contributed by atoms with Crippen LogP contribution in [-0.2, 0) is 13.0 Å². The maximum Gasteiger partial charge on any atom is 0.254 e. The summed E-state index contributed by atoms with van der Waals surface area (Å²) in [4.78, 5) is 23.0. The number of hydrogen-bond donors (Lipinski definition) is 3. The van der Waals surface area contributed by atoms with Crippen molar-refractivity contribution in [2.45, 2.75) is 19.9 Å². The molecule has 166 valence electrons. The van der Waals surface area contributed by atoms with E-state index in [0.717, 1.165) is 30.8 Å². The van der Waals surface area contributed by atoms with E-state index in [4.69, 9.17) is 22.1 Å². The lowest BCUT2D eigenvalue weighted by Gasteiger charge is -2.26. The van der Waals surface area contributed by atoms with Gasteiger partial charge in [-0.2, -0.15) is 4.98 Å². The number of primary amides is 1. The lowest BCUT2D eigenvalue weighted by atomic mass is 9.99. The Labute approximate surface area is 191 Å². The van der Waals surface area contributed by atoms with E-state index in [9.17, 15) is 4.79 Å². The summed E-state index contributed by atoms with van der Waals surface area (Å²) >= 11 is 6.31. The molecule has 9 heteroatoms. The number of nitrogens with two attached hydrogens (primary N) is 1. The summed E-state index contributed by atoms with van der Waals surface area (Å²) < 4.78 is 5.59. The molecule has 1 aromatic heterocycles. The Bertz CT molecular complexity index is 1180. The molecule has 0 spiro atoms. The number of carbonyl (C=O) groups is 1. The van der Waals surface area contributed by atoms with Gasteiger partial charge in [0.05, 0.1) is 23.5 Å². The van der Waals surface area contributed by atoms with E-state index in [1.165, 1.54) is 17.3 Å². The average molecular weight is 453 g/mol. The van der Waals surface area contributed by atoms with Gasteiger partial charge >= 0.3 is 0 Å². The van der Waals surface area contributed by atoms with Gasteiger partial charge in [0, 0.05) is 19.3 Å². The summed E-state index contributed by atoms with van der Waals surface area (Å²) in [5.74, 6) is 0.618. The van der Waals surface area contributed by atoms with Gasteiger partial charge in [0.2, 0.25) is 5.95 Å². The van der Waals surface area contributed by atoms with Crippen LogP contribution in [0.1, 0.15) is 27.0 Å². The van der Waals surface area contributed by atoms with Crippen molar-refractivity contribution in [1.82, 2.24) is 14.9 Å². The lowest BCUT2D eigenvalue weighted by Crippen LogP contribution is -2.26. The molecule has 4 rings (SSSR count).